The van der Waals surface area contributed by atoms with Crippen LogP contribution in [0.25, 0.3) is 0 Å². The molecule has 2 aromatic rings. The van der Waals surface area contributed by atoms with Crippen molar-refractivity contribution in [2.24, 2.45) is 0 Å². The van der Waals surface area contributed by atoms with E-state index in [1.54, 1.807) is 6.07 Å². The van der Waals surface area contributed by atoms with Gasteiger partial charge < -0.3 is 4.74 Å². The number of nitrogens with one attached hydrogen (secondary N) is 2. The molecule has 0 atom stereocenters. The molecule has 0 saturated carbocycles. The maximum atomic E-state index is 13.0. The molecule has 0 fully saturated rings. The quantitative estimate of drug-likeness (QED) is 0.796. The zero-order chi connectivity index (χ0) is 15.9. The number of amides is 1. The van der Waals surface area contributed by atoms with Crippen molar-refractivity contribution in [3.63, 3.8) is 0 Å². The minimum absolute atomic E-state index is 0.0992. The second kappa shape index (κ2) is 7.30. The van der Waals surface area contributed by atoms with Gasteiger partial charge in [0.15, 0.2) is 11.6 Å². The Morgan fingerprint density at radius 2 is 2.09 bits per heavy atom. The van der Waals surface area contributed by atoms with Crippen LogP contribution in [-0.2, 0) is 11.2 Å². The van der Waals surface area contributed by atoms with Gasteiger partial charge in [-0.25, -0.2) is 13.8 Å². The van der Waals surface area contributed by atoms with Gasteiger partial charge in [0.25, 0.3) is 0 Å². The number of hydrogen-bond acceptors (Lipinski definition) is 5. The lowest BCUT2D eigenvalue weighted by Crippen LogP contribution is -2.30. The zero-order valence-electron chi connectivity index (χ0n) is 11.8. The van der Waals surface area contributed by atoms with Crippen molar-refractivity contribution in [2.45, 2.75) is 12.8 Å². The summed E-state index contributed by atoms with van der Waals surface area (Å²) >= 11 is 0. The summed E-state index contributed by atoms with van der Waals surface area (Å²) in [6, 6.07) is 5.10. The Bertz CT molecular complexity index is 667. The fourth-order valence-corrected chi connectivity index (χ4v) is 1.66. The van der Waals surface area contributed by atoms with Gasteiger partial charge in [0.1, 0.15) is 0 Å². The molecule has 0 spiro atoms. The molecule has 1 aromatic heterocycles. The van der Waals surface area contributed by atoms with Crippen molar-refractivity contribution in [2.75, 3.05) is 12.5 Å². The van der Waals surface area contributed by atoms with Crippen molar-refractivity contribution in [1.29, 1.82) is 0 Å². The van der Waals surface area contributed by atoms with Crippen LogP contribution in [0.4, 0.5) is 14.7 Å². The average molecular weight is 308 g/mol. The summed E-state index contributed by atoms with van der Waals surface area (Å²) in [5.74, 6) is -1.64. The molecule has 0 bridgehead atoms. The fourth-order valence-electron chi connectivity index (χ4n) is 1.66. The number of halogens is 2. The second-order valence-electron chi connectivity index (χ2n) is 4.34. The number of hydrogen-bond donors (Lipinski definition) is 2. The summed E-state index contributed by atoms with van der Waals surface area (Å²) < 4.78 is 30.7. The fraction of sp³-hybridized carbons (Fsp3) is 0.214. The maximum absolute atomic E-state index is 13.0. The first-order valence-corrected chi connectivity index (χ1v) is 6.44. The van der Waals surface area contributed by atoms with Gasteiger partial charge in [-0.1, -0.05) is 6.07 Å². The van der Waals surface area contributed by atoms with E-state index in [9.17, 15) is 13.6 Å². The predicted molar refractivity (Wildman–Crippen MR) is 75.0 cm³/mol. The van der Waals surface area contributed by atoms with E-state index in [2.05, 4.69) is 20.8 Å². The van der Waals surface area contributed by atoms with Crippen LogP contribution in [0.5, 0.6) is 5.88 Å². The van der Waals surface area contributed by atoms with Crippen molar-refractivity contribution in [3.05, 3.63) is 47.7 Å². The molecule has 0 aliphatic rings. The van der Waals surface area contributed by atoms with Gasteiger partial charge in [-0.05, 0) is 24.1 Å². The van der Waals surface area contributed by atoms with Crippen molar-refractivity contribution in [1.82, 2.24) is 15.4 Å². The molecule has 1 amide bonds. The molecule has 2 N–H and O–H groups in total. The topological polar surface area (TPSA) is 76.1 Å². The highest BCUT2D eigenvalue weighted by Gasteiger charge is 2.06. The molecule has 116 valence electrons. The molecule has 22 heavy (non-hydrogen) atoms. The van der Waals surface area contributed by atoms with E-state index >= 15 is 0 Å². The van der Waals surface area contributed by atoms with Crippen molar-refractivity contribution >= 4 is 11.9 Å². The zero-order valence-corrected chi connectivity index (χ0v) is 11.8. The lowest BCUT2D eigenvalue weighted by Gasteiger charge is -2.08. The van der Waals surface area contributed by atoms with Crippen LogP contribution in [0, 0.1) is 11.6 Å². The van der Waals surface area contributed by atoms with Gasteiger partial charge >= 0.3 is 0 Å². The van der Waals surface area contributed by atoms with Crippen LogP contribution in [0.2, 0.25) is 0 Å². The predicted octanol–water partition coefficient (Wildman–Crippen LogP) is 1.84. The van der Waals surface area contributed by atoms with E-state index in [1.807, 2.05) is 0 Å². The van der Waals surface area contributed by atoms with E-state index in [0.717, 1.165) is 12.1 Å². The Morgan fingerprint density at radius 1 is 1.27 bits per heavy atom. The smallest absolute Gasteiger partial charge is 0.245 e. The number of ether oxygens (including phenoxy) is 1. The molecule has 0 aliphatic carbocycles. The van der Waals surface area contributed by atoms with E-state index in [-0.39, 0.29) is 24.7 Å². The molecule has 0 saturated heterocycles. The number of benzene rings is 1. The van der Waals surface area contributed by atoms with Gasteiger partial charge in [-0.15, -0.1) is 0 Å². The number of carbonyl (C=O) groups is 1. The number of hydrazine groups is 1. The largest absolute Gasteiger partial charge is 0.481 e. The third-order valence-corrected chi connectivity index (χ3v) is 2.78. The van der Waals surface area contributed by atoms with E-state index in [4.69, 9.17) is 4.74 Å². The molecule has 6 nitrogen and oxygen atoms in total. The van der Waals surface area contributed by atoms with Crippen LogP contribution in [0.3, 0.4) is 0 Å². The number of carbonyl (C=O) groups excluding carboxylic acids is 1. The first-order chi connectivity index (χ1) is 10.6. The summed E-state index contributed by atoms with van der Waals surface area (Å²) in [7, 11) is 1.46. The average Bonchev–Trinajstić information content (AvgIpc) is 2.54. The SMILES string of the molecule is COc1ccnc(NNC(=O)CCc2ccc(F)c(F)c2)n1. The van der Waals surface area contributed by atoms with Gasteiger partial charge in [0.05, 0.1) is 7.11 Å². The molecule has 0 unspecified atom stereocenters. The molecule has 0 radical (unpaired) electrons. The third kappa shape index (κ3) is 4.37. The number of anilines is 1. The molecule has 1 heterocycles. The number of methoxy groups -OCH3 is 1. The number of rotatable bonds is 6. The van der Waals surface area contributed by atoms with Crippen LogP contribution >= 0.6 is 0 Å². The van der Waals surface area contributed by atoms with Gasteiger partial charge in [0, 0.05) is 18.7 Å². The Hall–Kier alpha value is -2.77. The molecule has 8 heteroatoms. The summed E-state index contributed by atoms with van der Waals surface area (Å²) in [6.45, 7) is 0. The Balaban J connectivity index is 1.81. The van der Waals surface area contributed by atoms with Crippen LogP contribution in [0.1, 0.15) is 12.0 Å². The first-order valence-electron chi connectivity index (χ1n) is 6.44. The minimum atomic E-state index is -0.930. The summed E-state index contributed by atoms with van der Waals surface area (Å²) in [6.07, 6.45) is 1.85. The minimum Gasteiger partial charge on any atom is -0.481 e. The third-order valence-electron chi connectivity index (χ3n) is 2.78. The summed E-state index contributed by atoms with van der Waals surface area (Å²) in [5.41, 5.74) is 5.48. The van der Waals surface area contributed by atoms with Gasteiger partial charge in [-0.2, -0.15) is 4.98 Å². The van der Waals surface area contributed by atoms with Crippen LogP contribution in [0.15, 0.2) is 30.5 Å². The second-order valence-corrected chi connectivity index (χ2v) is 4.34. The van der Waals surface area contributed by atoms with Gasteiger partial charge in [-0.3, -0.25) is 15.6 Å². The first kappa shape index (κ1) is 15.6. The van der Waals surface area contributed by atoms with Crippen molar-refractivity contribution in [3.8, 4) is 5.88 Å². The standard InChI is InChI=1S/C14H14F2N4O2/c1-22-13-6-7-17-14(18-13)20-19-12(21)5-3-9-2-4-10(15)11(16)8-9/h2,4,6-8H,3,5H2,1H3,(H,19,21)(H,17,18,20). The lowest BCUT2D eigenvalue weighted by molar-refractivity contribution is -0.120. The number of aryl methyl sites for hydroxylation is 1. The normalized spacial score (nSPS) is 10.1. The lowest BCUT2D eigenvalue weighted by atomic mass is 10.1. The maximum Gasteiger partial charge on any atom is 0.245 e. The number of aromatic nitrogens is 2. The Morgan fingerprint density at radius 3 is 2.82 bits per heavy atom. The molecule has 2 rings (SSSR count). The van der Waals surface area contributed by atoms with Crippen LogP contribution in [-0.4, -0.2) is 23.0 Å². The van der Waals surface area contributed by atoms with Gasteiger partial charge in [0.2, 0.25) is 17.7 Å². The summed E-state index contributed by atoms with van der Waals surface area (Å²) in [4.78, 5) is 19.5. The molecular formula is C14H14F2N4O2. The van der Waals surface area contributed by atoms with E-state index in [1.165, 1.54) is 19.4 Å². The van der Waals surface area contributed by atoms with E-state index in [0.29, 0.717) is 11.4 Å². The highest BCUT2D eigenvalue weighted by atomic mass is 19.2. The highest BCUT2D eigenvalue weighted by Crippen LogP contribution is 2.10. The summed E-state index contributed by atoms with van der Waals surface area (Å²) in [5, 5.41) is 0. The number of nitrogens with zero attached hydrogens (tertiary/aromatic N) is 2. The molecular weight excluding hydrogens is 294 g/mol. The molecule has 1 aromatic carbocycles. The Kier molecular flexibility index (Phi) is 5.18. The van der Waals surface area contributed by atoms with E-state index < -0.39 is 11.6 Å². The monoisotopic (exact) mass is 308 g/mol. The highest BCUT2D eigenvalue weighted by molar-refractivity contribution is 5.77. The Labute approximate surface area is 125 Å². The van der Waals surface area contributed by atoms with Crippen LogP contribution < -0.4 is 15.6 Å². The molecule has 0 aliphatic heterocycles. The van der Waals surface area contributed by atoms with Crippen molar-refractivity contribution < 1.29 is 18.3 Å².